The summed E-state index contributed by atoms with van der Waals surface area (Å²) in [5.74, 6) is -0.960. The molecule has 0 unspecified atom stereocenters. The summed E-state index contributed by atoms with van der Waals surface area (Å²) in [6.07, 6.45) is 6.61. The van der Waals surface area contributed by atoms with Gasteiger partial charge in [-0.2, -0.15) is 0 Å². The molecule has 0 bridgehead atoms. The Hall–Kier alpha value is -0.940. The van der Waals surface area contributed by atoms with Crippen LogP contribution in [0.15, 0.2) is 5.38 Å². The number of hydrogen-bond donors (Lipinski definition) is 1. The van der Waals surface area contributed by atoms with E-state index in [1.165, 1.54) is 24.2 Å². The fourth-order valence-corrected chi connectivity index (χ4v) is 3.58. The second-order valence-corrected chi connectivity index (χ2v) is 5.54. The third-order valence-electron chi connectivity index (χ3n) is 3.44. The number of carboxylic acid groups (broad SMARTS) is 1. The first-order valence-electron chi connectivity index (χ1n) is 6.51. The summed E-state index contributed by atoms with van der Waals surface area (Å²) >= 11 is 1.42. The van der Waals surface area contributed by atoms with Crippen molar-refractivity contribution < 1.29 is 14.6 Å². The van der Waals surface area contributed by atoms with Crippen LogP contribution in [-0.2, 0) is 10.3 Å². The molecule has 0 spiro atoms. The van der Waals surface area contributed by atoms with E-state index in [4.69, 9.17) is 9.84 Å². The molecule has 0 amide bonds. The van der Waals surface area contributed by atoms with E-state index in [1.54, 1.807) is 5.38 Å². The summed E-state index contributed by atoms with van der Waals surface area (Å²) < 4.78 is 5.98. The largest absolute Gasteiger partial charge is 0.476 e. The number of nitrogens with zero attached hydrogens (tertiary/aromatic N) is 1. The van der Waals surface area contributed by atoms with Gasteiger partial charge in [-0.05, 0) is 19.8 Å². The molecule has 1 aliphatic rings. The van der Waals surface area contributed by atoms with Crippen LogP contribution in [0, 0.1) is 0 Å². The van der Waals surface area contributed by atoms with Crippen LogP contribution in [0.4, 0.5) is 0 Å². The van der Waals surface area contributed by atoms with Crippen molar-refractivity contribution in [1.82, 2.24) is 4.98 Å². The van der Waals surface area contributed by atoms with Crippen LogP contribution in [0.5, 0.6) is 0 Å². The number of thiazole rings is 1. The summed E-state index contributed by atoms with van der Waals surface area (Å²) in [6.45, 7) is 2.63. The SMILES string of the molecule is CCOC1(c2nc(C(=O)O)cs2)CCCCCC1. The van der Waals surface area contributed by atoms with Crippen molar-refractivity contribution in [3.8, 4) is 0 Å². The third-order valence-corrected chi connectivity index (χ3v) is 4.47. The molecule has 2 rings (SSSR count). The summed E-state index contributed by atoms with van der Waals surface area (Å²) in [4.78, 5) is 15.2. The molecule has 1 heterocycles. The predicted octanol–water partition coefficient (Wildman–Crippen LogP) is 3.43. The highest BCUT2D eigenvalue weighted by Crippen LogP contribution is 2.40. The topological polar surface area (TPSA) is 59.4 Å². The second kappa shape index (κ2) is 5.80. The number of aromatic nitrogens is 1. The van der Waals surface area contributed by atoms with E-state index in [2.05, 4.69) is 4.98 Å². The fraction of sp³-hybridized carbons (Fsp3) is 0.692. The Balaban J connectivity index is 2.29. The second-order valence-electron chi connectivity index (χ2n) is 4.68. The van der Waals surface area contributed by atoms with Gasteiger partial charge >= 0.3 is 5.97 Å². The van der Waals surface area contributed by atoms with Crippen molar-refractivity contribution in [3.05, 3.63) is 16.1 Å². The van der Waals surface area contributed by atoms with Crippen LogP contribution >= 0.6 is 11.3 Å². The first kappa shape index (κ1) is 13.5. The molecule has 0 aliphatic heterocycles. The Morgan fingerprint density at radius 1 is 1.44 bits per heavy atom. The van der Waals surface area contributed by atoms with Crippen LogP contribution in [0.1, 0.15) is 60.9 Å². The number of aromatic carboxylic acids is 1. The number of rotatable bonds is 4. The minimum absolute atomic E-state index is 0.137. The molecule has 1 aromatic heterocycles. The van der Waals surface area contributed by atoms with Crippen LogP contribution in [-0.4, -0.2) is 22.7 Å². The summed E-state index contributed by atoms with van der Waals surface area (Å²) in [6, 6.07) is 0. The normalized spacial score (nSPS) is 19.4. The van der Waals surface area contributed by atoms with Gasteiger partial charge in [-0.15, -0.1) is 11.3 Å². The van der Waals surface area contributed by atoms with Gasteiger partial charge in [0.2, 0.25) is 0 Å². The number of carbonyl (C=O) groups is 1. The van der Waals surface area contributed by atoms with Crippen LogP contribution in [0.2, 0.25) is 0 Å². The first-order chi connectivity index (χ1) is 8.68. The van der Waals surface area contributed by atoms with E-state index in [0.717, 1.165) is 30.7 Å². The van der Waals surface area contributed by atoms with Gasteiger partial charge in [-0.3, -0.25) is 0 Å². The van der Waals surface area contributed by atoms with Crippen molar-refractivity contribution in [3.63, 3.8) is 0 Å². The van der Waals surface area contributed by atoms with E-state index >= 15 is 0 Å². The zero-order valence-corrected chi connectivity index (χ0v) is 11.5. The fourth-order valence-electron chi connectivity index (χ4n) is 2.58. The lowest BCUT2D eigenvalue weighted by atomic mass is 9.95. The van der Waals surface area contributed by atoms with E-state index in [1.807, 2.05) is 6.92 Å². The molecule has 5 heteroatoms. The maximum Gasteiger partial charge on any atom is 0.355 e. The maximum atomic E-state index is 10.9. The molecule has 1 aromatic rings. The zero-order chi connectivity index (χ0) is 13.0. The lowest BCUT2D eigenvalue weighted by Crippen LogP contribution is -2.29. The zero-order valence-electron chi connectivity index (χ0n) is 10.6. The molecule has 0 saturated heterocycles. The standard InChI is InChI=1S/C13H19NO3S/c1-2-17-13(7-5-3-4-6-8-13)12-14-10(9-18-12)11(15)16/h9H,2-8H2,1H3,(H,15,16). The summed E-state index contributed by atoms with van der Waals surface area (Å²) in [5, 5.41) is 11.4. The molecule has 4 nitrogen and oxygen atoms in total. The Morgan fingerprint density at radius 3 is 2.61 bits per heavy atom. The molecule has 18 heavy (non-hydrogen) atoms. The minimum atomic E-state index is -0.960. The van der Waals surface area contributed by atoms with E-state index in [9.17, 15) is 4.79 Å². The summed E-state index contributed by atoms with van der Waals surface area (Å²) in [7, 11) is 0. The van der Waals surface area contributed by atoms with Gasteiger partial charge in [0.25, 0.3) is 0 Å². The first-order valence-corrected chi connectivity index (χ1v) is 7.39. The molecule has 100 valence electrons. The van der Waals surface area contributed by atoms with Crippen molar-refractivity contribution in [1.29, 1.82) is 0 Å². The van der Waals surface area contributed by atoms with E-state index < -0.39 is 5.97 Å². The monoisotopic (exact) mass is 269 g/mol. The van der Waals surface area contributed by atoms with Crippen molar-refractivity contribution in [2.75, 3.05) is 6.61 Å². The predicted molar refractivity (Wildman–Crippen MR) is 70.1 cm³/mol. The van der Waals surface area contributed by atoms with Crippen LogP contribution in [0.25, 0.3) is 0 Å². The smallest absolute Gasteiger partial charge is 0.355 e. The molecule has 1 aliphatic carbocycles. The average Bonchev–Trinajstić information content (AvgIpc) is 2.73. The number of carboxylic acids is 1. The van der Waals surface area contributed by atoms with Gasteiger partial charge in [-0.25, -0.2) is 9.78 Å². The van der Waals surface area contributed by atoms with Crippen LogP contribution in [0.3, 0.4) is 0 Å². The van der Waals surface area contributed by atoms with E-state index in [0.29, 0.717) is 6.61 Å². The Bertz CT molecular complexity index is 408. The molecule has 1 saturated carbocycles. The molecular weight excluding hydrogens is 250 g/mol. The van der Waals surface area contributed by atoms with Crippen molar-refractivity contribution in [2.24, 2.45) is 0 Å². The van der Waals surface area contributed by atoms with E-state index in [-0.39, 0.29) is 11.3 Å². The van der Waals surface area contributed by atoms with Gasteiger partial charge in [0.05, 0.1) is 0 Å². The maximum absolute atomic E-state index is 10.9. The third kappa shape index (κ3) is 2.72. The number of ether oxygens (including phenoxy) is 1. The van der Waals surface area contributed by atoms with Gasteiger partial charge in [0.1, 0.15) is 10.6 Å². The van der Waals surface area contributed by atoms with Gasteiger partial charge in [0.15, 0.2) is 5.69 Å². The quantitative estimate of drug-likeness (QED) is 0.851. The van der Waals surface area contributed by atoms with Gasteiger partial charge in [0, 0.05) is 12.0 Å². The Labute approximate surface area is 111 Å². The van der Waals surface area contributed by atoms with Gasteiger partial charge < -0.3 is 9.84 Å². The molecule has 1 fully saturated rings. The molecule has 0 atom stereocenters. The van der Waals surface area contributed by atoms with Crippen molar-refractivity contribution in [2.45, 2.75) is 51.0 Å². The van der Waals surface area contributed by atoms with Crippen molar-refractivity contribution >= 4 is 17.3 Å². The molecular formula is C13H19NO3S. The molecule has 1 N–H and O–H groups in total. The Morgan fingerprint density at radius 2 is 2.11 bits per heavy atom. The lowest BCUT2D eigenvalue weighted by Gasteiger charge is -2.30. The lowest BCUT2D eigenvalue weighted by molar-refractivity contribution is -0.0560. The van der Waals surface area contributed by atoms with Crippen LogP contribution < -0.4 is 0 Å². The highest BCUT2D eigenvalue weighted by atomic mass is 32.1. The highest BCUT2D eigenvalue weighted by molar-refractivity contribution is 7.10. The molecule has 0 radical (unpaired) electrons. The number of hydrogen-bond acceptors (Lipinski definition) is 4. The minimum Gasteiger partial charge on any atom is -0.476 e. The average molecular weight is 269 g/mol. The highest BCUT2D eigenvalue weighted by Gasteiger charge is 2.36. The molecule has 0 aromatic carbocycles. The summed E-state index contributed by atoms with van der Waals surface area (Å²) in [5.41, 5.74) is -0.206. The Kier molecular flexibility index (Phi) is 4.35. The van der Waals surface area contributed by atoms with Gasteiger partial charge in [-0.1, -0.05) is 25.7 Å².